The Balaban J connectivity index is 1.96. The third kappa shape index (κ3) is 3.82. The molecule has 0 radical (unpaired) electrons. The van der Waals surface area contributed by atoms with Crippen molar-refractivity contribution in [2.24, 2.45) is 0 Å². The second-order valence-corrected chi connectivity index (χ2v) is 9.78. The molecule has 4 aromatic carbocycles. The van der Waals surface area contributed by atoms with Crippen LogP contribution in [-0.4, -0.2) is 0 Å². The summed E-state index contributed by atoms with van der Waals surface area (Å²) in [4.78, 5) is 0. The van der Waals surface area contributed by atoms with E-state index in [1.54, 1.807) is 0 Å². The smallest absolute Gasteiger partial charge is 0.0134 e. The van der Waals surface area contributed by atoms with Crippen LogP contribution in [0.3, 0.4) is 0 Å². The van der Waals surface area contributed by atoms with E-state index in [2.05, 4.69) is 107 Å². The molecule has 27 heavy (non-hydrogen) atoms. The van der Waals surface area contributed by atoms with Crippen molar-refractivity contribution >= 4 is 34.6 Å². The molecule has 1 heteroatoms. The molecule has 0 bridgehead atoms. The summed E-state index contributed by atoms with van der Waals surface area (Å²) < 4.78 is 0. The highest BCUT2D eigenvalue weighted by atomic mass is 31.1. The molecule has 0 aliphatic heterocycles. The lowest BCUT2D eigenvalue weighted by molar-refractivity contribution is 1.40. The molecule has 0 spiro atoms. The van der Waals surface area contributed by atoms with Gasteiger partial charge in [-0.1, -0.05) is 95.1 Å². The van der Waals surface area contributed by atoms with Crippen LogP contribution < -0.4 is 15.9 Å². The Hall–Kier alpha value is -2.43. The van der Waals surface area contributed by atoms with Crippen LogP contribution in [0.1, 0.15) is 22.3 Å². The van der Waals surface area contributed by atoms with E-state index in [1.807, 2.05) is 0 Å². The fourth-order valence-electron chi connectivity index (χ4n) is 3.92. The quantitative estimate of drug-likeness (QED) is 0.399. The van der Waals surface area contributed by atoms with Gasteiger partial charge in [-0.25, -0.2) is 0 Å². The molecule has 0 saturated heterocycles. The van der Waals surface area contributed by atoms with Crippen LogP contribution in [0.5, 0.6) is 0 Å². The molecule has 0 aromatic heterocycles. The molecule has 0 saturated carbocycles. The zero-order chi connectivity index (χ0) is 19.0. The Kier molecular flexibility index (Phi) is 4.85. The highest BCUT2D eigenvalue weighted by molar-refractivity contribution is 7.79. The van der Waals surface area contributed by atoms with Crippen molar-refractivity contribution in [2.75, 3.05) is 0 Å². The molecule has 0 aliphatic carbocycles. The summed E-state index contributed by atoms with van der Waals surface area (Å²) in [7, 11) is -0.584. The summed E-state index contributed by atoms with van der Waals surface area (Å²) in [5.74, 6) is 0. The van der Waals surface area contributed by atoms with E-state index in [0.29, 0.717) is 0 Å². The van der Waals surface area contributed by atoms with Crippen LogP contribution in [-0.2, 0) is 0 Å². The highest BCUT2D eigenvalue weighted by Gasteiger charge is 2.18. The lowest BCUT2D eigenvalue weighted by Gasteiger charge is -2.22. The first-order valence-corrected chi connectivity index (χ1v) is 10.8. The van der Waals surface area contributed by atoms with E-state index in [9.17, 15) is 0 Å². The van der Waals surface area contributed by atoms with E-state index in [0.717, 1.165) is 0 Å². The summed E-state index contributed by atoms with van der Waals surface area (Å²) in [6, 6.07) is 29.6. The number of hydrogen-bond acceptors (Lipinski definition) is 0. The van der Waals surface area contributed by atoms with Crippen LogP contribution in [0.2, 0.25) is 0 Å². The Morgan fingerprint density at radius 1 is 0.444 bits per heavy atom. The number of fused-ring (bicyclic) bond motifs is 1. The Labute approximate surface area is 163 Å². The molecule has 0 heterocycles. The molecule has 134 valence electrons. The normalized spacial score (nSPS) is 11.3. The van der Waals surface area contributed by atoms with Gasteiger partial charge < -0.3 is 0 Å². The number of rotatable bonds is 3. The van der Waals surface area contributed by atoms with Crippen molar-refractivity contribution in [2.45, 2.75) is 27.7 Å². The van der Waals surface area contributed by atoms with Gasteiger partial charge in [0.25, 0.3) is 0 Å². The average molecular weight is 368 g/mol. The van der Waals surface area contributed by atoms with Crippen molar-refractivity contribution in [3.05, 3.63) is 101 Å². The number of aryl methyl sites for hydroxylation is 4. The van der Waals surface area contributed by atoms with E-state index >= 15 is 0 Å². The minimum absolute atomic E-state index is 0.584. The molecule has 0 aliphatic rings. The zero-order valence-electron chi connectivity index (χ0n) is 16.5. The summed E-state index contributed by atoms with van der Waals surface area (Å²) in [5, 5.41) is 6.90. The standard InChI is InChI=1S/C26H25P/c1-18-11-19(2)14-25(13-18)27(26-15-20(3)12-21(4)16-26)24-10-9-22-7-5-6-8-23(22)17-24/h5-17H,1-4H3. The van der Waals surface area contributed by atoms with Crippen molar-refractivity contribution in [3.63, 3.8) is 0 Å². The summed E-state index contributed by atoms with van der Waals surface area (Å²) in [5.41, 5.74) is 5.34. The van der Waals surface area contributed by atoms with Crippen molar-refractivity contribution in [3.8, 4) is 0 Å². The van der Waals surface area contributed by atoms with Gasteiger partial charge in [0.15, 0.2) is 0 Å². The van der Waals surface area contributed by atoms with Crippen LogP contribution in [0.4, 0.5) is 0 Å². The third-order valence-electron chi connectivity index (χ3n) is 4.92. The maximum atomic E-state index is 2.39. The maximum absolute atomic E-state index is 2.39. The zero-order valence-corrected chi connectivity index (χ0v) is 17.3. The Bertz CT molecular complexity index is 1030. The minimum atomic E-state index is -0.584. The lowest BCUT2D eigenvalue weighted by atomic mass is 10.1. The number of benzene rings is 4. The summed E-state index contributed by atoms with van der Waals surface area (Å²) in [6.07, 6.45) is 0. The first-order valence-electron chi connectivity index (χ1n) is 9.45. The van der Waals surface area contributed by atoms with E-state index < -0.39 is 7.92 Å². The summed E-state index contributed by atoms with van der Waals surface area (Å²) in [6.45, 7) is 8.80. The van der Waals surface area contributed by atoms with E-state index in [4.69, 9.17) is 0 Å². The Morgan fingerprint density at radius 2 is 0.926 bits per heavy atom. The fraction of sp³-hybridized carbons (Fsp3) is 0.154. The minimum Gasteiger partial charge on any atom is -0.0616 e. The molecule has 0 atom stereocenters. The van der Waals surface area contributed by atoms with Gasteiger partial charge in [0.1, 0.15) is 0 Å². The molecule has 0 unspecified atom stereocenters. The molecule has 0 N–H and O–H groups in total. The van der Waals surface area contributed by atoms with Crippen molar-refractivity contribution < 1.29 is 0 Å². The molecule has 4 rings (SSSR count). The van der Waals surface area contributed by atoms with Gasteiger partial charge in [0, 0.05) is 0 Å². The first-order chi connectivity index (χ1) is 13.0. The second-order valence-electron chi connectivity index (χ2n) is 7.56. The van der Waals surface area contributed by atoms with E-state index in [-0.39, 0.29) is 0 Å². The molecule has 4 aromatic rings. The topological polar surface area (TPSA) is 0 Å². The molecule has 0 fully saturated rings. The van der Waals surface area contributed by atoms with Crippen LogP contribution >= 0.6 is 7.92 Å². The largest absolute Gasteiger partial charge is 0.0616 e. The van der Waals surface area contributed by atoms with Gasteiger partial charge in [-0.05, 0) is 68.4 Å². The monoisotopic (exact) mass is 368 g/mol. The van der Waals surface area contributed by atoms with Gasteiger partial charge in [0.05, 0.1) is 0 Å². The SMILES string of the molecule is Cc1cc(C)cc(P(c2cc(C)cc(C)c2)c2ccc3ccccc3c2)c1. The predicted molar refractivity (Wildman–Crippen MR) is 122 cm³/mol. The third-order valence-corrected chi connectivity index (χ3v) is 7.26. The molecular formula is C26H25P. The maximum Gasteiger partial charge on any atom is -0.0134 e. The molecular weight excluding hydrogens is 343 g/mol. The van der Waals surface area contributed by atoms with Gasteiger partial charge in [-0.2, -0.15) is 0 Å². The highest BCUT2D eigenvalue weighted by Crippen LogP contribution is 2.35. The van der Waals surface area contributed by atoms with Crippen molar-refractivity contribution in [1.82, 2.24) is 0 Å². The lowest BCUT2D eigenvalue weighted by Crippen LogP contribution is -2.22. The van der Waals surface area contributed by atoms with Crippen molar-refractivity contribution in [1.29, 1.82) is 0 Å². The first kappa shape index (κ1) is 18.0. The van der Waals surface area contributed by atoms with Gasteiger partial charge in [-0.15, -0.1) is 0 Å². The van der Waals surface area contributed by atoms with Gasteiger partial charge in [-0.3, -0.25) is 0 Å². The second kappa shape index (κ2) is 7.29. The van der Waals surface area contributed by atoms with Crippen LogP contribution in [0, 0.1) is 27.7 Å². The predicted octanol–water partition coefficient (Wildman–Crippen LogP) is 5.83. The molecule has 0 nitrogen and oxygen atoms in total. The average Bonchev–Trinajstić information content (AvgIpc) is 2.60. The van der Waals surface area contributed by atoms with E-state index in [1.165, 1.54) is 48.9 Å². The van der Waals surface area contributed by atoms with Crippen LogP contribution in [0.25, 0.3) is 10.8 Å². The van der Waals surface area contributed by atoms with Gasteiger partial charge >= 0.3 is 0 Å². The fourth-order valence-corrected chi connectivity index (χ4v) is 6.64. The van der Waals surface area contributed by atoms with Gasteiger partial charge in [0.2, 0.25) is 0 Å². The number of hydrogen-bond donors (Lipinski definition) is 0. The molecule has 0 amide bonds. The van der Waals surface area contributed by atoms with Crippen LogP contribution in [0.15, 0.2) is 78.9 Å². The summed E-state index contributed by atoms with van der Waals surface area (Å²) >= 11 is 0. The Morgan fingerprint density at radius 3 is 1.44 bits per heavy atom.